The van der Waals surface area contributed by atoms with Gasteiger partial charge in [-0.25, -0.2) is 23.1 Å². The highest BCUT2D eigenvalue weighted by molar-refractivity contribution is 8.01. The van der Waals surface area contributed by atoms with Crippen molar-refractivity contribution in [1.29, 1.82) is 0 Å². The fourth-order valence-electron chi connectivity index (χ4n) is 3.49. The average Bonchev–Trinajstić information content (AvgIpc) is 3.23. The Kier molecular flexibility index (Phi) is 7.09. The maximum absolute atomic E-state index is 12.8. The van der Waals surface area contributed by atoms with Gasteiger partial charge in [0.15, 0.2) is 4.34 Å². The number of pyridine rings is 1. The lowest BCUT2D eigenvalue weighted by molar-refractivity contribution is 0.102. The molecular weight excluding hydrogens is 466 g/mol. The van der Waals surface area contributed by atoms with Gasteiger partial charge in [0.25, 0.3) is 5.91 Å². The van der Waals surface area contributed by atoms with E-state index < -0.39 is 10.0 Å². The van der Waals surface area contributed by atoms with Crippen molar-refractivity contribution in [2.24, 2.45) is 0 Å². The molecule has 1 fully saturated rings. The molecule has 0 bridgehead atoms. The summed E-state index contributed by atoms with van der Waals surface area (Å²) in [7, 11) is -3.22. The Balaban J connectivity index is 1.41. The minimum atomic E-state index is -3.22. The van der Waals surface area contributed by atoms with Gasteiger partial charge in [-0.3, -0.25) is 4.79 Å². The molecule has 1 amide bonds. The molecule has 3 heterocycles. The number of piperidine rings is 1. The highest BCUT2D eigenvalue weighted by Crippen LogP contribution is 2.31. The molecule has 0 spiro atoms. The average molecular weight is 490 g/mol. The van der Waals surface area contributed by atoms with E-state index in [4.69, 9.17) is 0 Å². The van der Waals surface area contributed by atoms with Crippen molar-refractivity contribution in [2.45, 2.75) is 28.2 Å². The van der Waals surface area contributed by atoms with Crippen LogP contribution in [0.25, 0.3) is 0 Å². The quantitative estimate of drug-likeness (QED) is 0.524. The molecule has 2 aromatic heterocycles. The molecule has 1 aromatic carbocycles. The Bertz CT molecular complexity index is 1180. The van der Waals surface area contributed by atoms with E-state index >= 15 is 0 Å². The van der Waals surface area contributed by atoms with Crippen LogP contribution in [0.5, 0.6) is 0 Å². The second kappa shape index (κ2) is 9.99. The summed E-state index contributed by atoms with van der Waals surface area (Å²) in [6.45, 7) is 1.39. The summed E-state index contributed by atoms with van der Waals surface area (Å²) in [6.07, 6.45) is 4.31. The summed E-state index contributed by atoms with van der Waals surface area (Å²) in [5, 5.41) is 5.55. The van der Waals surface area contributed by atoms with Gasteiger partial charge in [0.1, 0.15) is 10.7 Å². The van der Waals surface area contributed by atoms with Crippen molar-refractivity contribution in [3.8, 4) is 0 Å². The summed E-state index contributed by atoms with van der Waals surface area (Å²) in [5.74, 6) is -0.268. The van der Waals surface area contributed by atoms with Crippen molar-refractivity contribution >= 4 is 50.4 Å². The Labute approximate surface area is 195 Å². The maximum Gasteiger partial charge on any atom is 0.275 e. The number of rotatable bonds is 7. The molecule has 1 saturated heterocycles. The monoisotopic (exact) mass is 489 g/mol. The van der Waals surface area contributed by atoms with Crippen molar-refractivity contribution in [1.82, 2.24) is 14.7 Å². The number of sulfonamides is 1. The number of carbonyl (C=O) groups excluding carboxylic acids is 1. The molecule has 32 heavy (non-hydrogen) atoms. The second-order valence-corrected chi connectivity index (χ2v) is 11.3. The predicted octanol–water partition coefficient (Wildman–Crippen LogP) is 3.46. The number of para-hydroxylation sites is 2. The first-order valence-corrected chi connectivity index (χ1v) is 13.6. The minimum Gasteiger partial charge on any atom is -0.370 e. The van der Waals surface area contributed by atoms with Gasteiger partial charge in [-0.1, -0.05) is 18.2 Å². The van der Waals surface area contributed by atoms with E-state index in [1.54, 1.807) is 11.6 Å². The summed E-state index contributed by atoms with van der Waals surface area (Å²) in [6, 6.07) is 13.2. The predicted molar refractivity (Wildman–Crippen MR) is 128 cm³/mol. The number of hydrogen-bond acceptors (Lipinski definition) is 8. The number of anilines is 2. The largest absolute Gasteiger partial charge is 0.370 e. The molecule has 1 aliphatic heterocycles. The fraction of sp³-hybridized carbons (Fsp3) is 0.286. The Hall–Kier alpha value is -2.47. The number of aromatic nitrogens is 2. The summed E-state index contributed by atoms with van der Waals surface area (Å²) in [4.78, 5) is 23.7. The van der Waals surface area contributed by atoms with Crippen LogP contribution in [0, 0.1) is 0 Å². The number of benzene rings is 1. The van der Waals surface area contributed by atoms with Crippen LogP contribution in [0.4, 0.5) is 11.4 Å². The standard InChI is InChI=1S/C21H23N5O3S3/c1-32(28,29)25-15-9-12-26(13-10-15)18-7-3-2-6-16(18)23-20(27)17-14-30-21(24-17)31-19-8-4-5-11-22-19/h2-8,11,14-15,25H,9-10,12-13H2,1H3,(H,23,27). The molecule has 11 heteroatoms. The third kappa shape index (κ3) is 6.06. The zero-order chi connectivity index (χ0) is 22.6. The third-order valence-corrected chi connectivity index (χ3v) is 7.56. The van der Waals surface area contributed by atoms with Gasteiger partial charge in [-0.2, -0.15) is 0 Å². The Morgan fingerprint density at radius 3 is 2.62 bits per heavy atom. The van der Waals surface area contributed by atoms with Gasteiger partial charge in [0.05, 0.1) is 17.6 Å². The third-order valence-electron chi connectivity index (χ3n) is 4.91. The maximum atomic E-state index is 12.8. The molecule has 0 aliphatic carbocycles. The number of hydrogen-bond donors (Lipinski definition) is 2. The molecule has 8 nitrogen and oxygen atoms in total. The van der Waals surface area contributed by atoms with E-state index in [0.717, 1.165) is 15.1 Å². The number of carbonyl (C=O) groups is 1. The molecule has 3 aromatic rings. The van der Waals surface area contributed by atoms with Gasteiger partial charge in [0.2, 0.25) is 10.0 Å². The van der Waals surface area contributed by atoms with Gasteiger partial charge in [-0.15, -0.1) is 11.3 Å². The van der Waals surface area contributed by atoms with Crippen LogP contribution in [0.3, 0.4) is 0 Å². The van der Waals surface area contributed by atoms with Crippen molar-refractivity contribution in [3.05, 3.63) is 59.7 Å². The van der Waals surface area contributed by atoms with E-state index in [0.29, 0.717) is 37.3 Å². The summed E-state index contributed by atoms with van der Waals surface area (Å²) < 4.78 is 26.4. The fourth-order valence-corrected chi connectivity index (χ4v) is 6.03. The lowest BCUT2D eigenvalue weighted by Gasteiger charge is -2.34. The number of nitrogens with zero attached hydrogens (tertiary/aromatic N) is 3. The lowest BCUT2D eigenvalue weighted by atomic mass is 10.0. The van der Waals surface area contributed by atoms with E-state index in [-0.39, 0.29) is 11.9 Å². The van der Waals surface area contributed by atoms with Gasteiger partial charge in [0, 0.05) is 30.7 Å². The number of nitrogens with one attached hydrogen (secondary N) is 2. The molecule has 4 rings (SSSR count). The lowest BCUT2D eigenvalue weighted by Crippen LogP contribution is -2.44. The van der Waals surface area contributed by atoms with Gasteiger partial charge >= 0.3 is 0 Å². The highest BCUT2D eigenvalue weighted by Gasteiger charge is 2.23. The first-order chi connectivity index (χ1) is 15.4. The highest BCUT2D eigenvalue weighted by atomic mass is 32.2. The molecule has 1 aliphatic rings. The minimum absolute atomic E-state index is 0.0620. The van der Waals surface area contributed by atoms with Crippen LogP contribution in [0.1, 0.15) is 23.3 Å². The van der Waals surface area contributed by atoms with Crippen molar-refractivity contribution in [2.75, 3.05) is 29.6 Å². The van der Waals surface area contributed by atoms with Crippen LogP contribution in [0.15, 0.2) is 63.4 Å². The number of thiazole rings is 1. The summed E-state index contributed by atoms with van der Waals surface area (Å²) >= 11 is 2.83. The molecular formula is C21H23N5O3S3. The zero-order valence-corrected chi connectivity index (χ0v) is 19.8. The van der Waals surface area contributed by atoms with Crippen molar-refractivity contribution < 1.29 is 13.2 Å². The van der Waals surface area contributed by atoms with Crippen LogP contribution in [-0.4, -0.2) is 49.7 Å². The van der Waals surface area contributed by atoms with E-state index in [1.807, 2.05) is 42.5 Å². The van der Waals surface area contributed by atoms with Crippen LogP contribution in [-0.2, 0) is 10.0 Å². The van der Waals surface area contributed by atoms with Crippen molar-refractivity contribution in [3.63, 3.8) is 0 Å². The first-order valence-electron chi connectivity index (χ1n) is 10.0. The second-order valence-electron chi connectivity index (χ2n) is 7.39. The van der Waals surface area contributed by atoms with Crippen LogP contribution in [0.2, 0.25) is 0 Å². The SMILES string of the molecule is CS(=O)(=O)NC1CCN(c2ccccc2NC(=O)c2csc(Sc3ccccn3)n2)CC1. The number of amides is 1. The van der Waals surface area contributed by atoms with Gasteiger partial charge in [-0.05, 0) is 48.9 Å². The Morgan fingerprint density at radius 1 is 1.16 bits per heavy atom. The smallest absolute Gasteiger partial charge is 0.275 e. The van der Waals surface area contributed by atoms with E-state index in [1.165, 1.54) is 29.4 Å². The normalized spacial score (nSPS) is 15.0. The van der Waals surface area contributed by atoms with Gasteiger partial charge < -0.3 is 10.2 Å². The molecule has 0 radical (unpaired) electrons. The van der Waals surface area contributed by atoms with E-state index in [2.05, 4.69) is 24.9 Å². The van der Waals surface area contributed by atoms with Crippen LogP contribution >= 0.6 is 23.1 Å². The molecule has 0 atom stereocenters. The first kappa shape index (κ1) is 22.7. The molecule has 0 unspecified atom stereocenters. The summed E-state index contributed by atoms with van der Waals surface area (Å²) in [5.41, 5.74) is 1.98. The topological polar surface area (TPSA) is 104 Å². The zero-order valence-electron chi connectivity index (χ0n) is 17.4. The van der Waals surface area contributed by atoms with Crippen LogP contribution < -0.4 is 14.9 Å². The Morgan fingerprint density at radius 2 is 1.91 bits per heavy atom. The molecule has 168 valence electrons. The molecule has 2 N–H and O–H groups in total. The molecule has 0 saturated carbocycles. The van der Waals surface area contributed by atoms with E-state index in [9.17, 15) is 13.2 Å².